The first-order valence-corrected chi connectivity index (χ1v) is 11.4. The Morgan fingerprint density at radius 2 is 1.61 bits per heavy atom. The Kier molecular flexibility index (Phi) is 7.10. The molecule has 0 radical (unpaired) electrons. The quantitative estimate of drug-likeness (QED) is 0.365. The van der Waals surface area contributed by atoms with Crippen LogP contribution in [0.25, 0.3) is 6.08 Å². The number of nitrogens with zero attached hydrogens (tertiary/aromatic N) is 1. The maximum Gasteiger partial charge on any atom is 0.243 e. The van der Waals surface area contributed by atoms with Crippen molar-refractivity contribution in [2.75, 3.05) is 6.54 Å². The molecule has 28 heavy (non-hydrogen) atoms. The molecular weight excluding hydrogens is 506 g/mol. The van der Waals surface area contributed by atoms with E-state index in [4.69, 9.17) is 4.42 Å². The van der Waals surface area contributed by atoms with Crippen LogP contribution in [0.2, 0.25) is 0 Å². The first-order valence-electron chi connectivity index (χ1n) is 8.38. The van der Waals surface area contributed by atoms with Crippen LogP contribution in [0.5, 0.6) is 0 Å². The molecule has 0 bridgehead atoms. The molecule has 4 nitrogen and oxygen atoms in total. The van der Waals surface area contributed by atoms with E-state index in [1.807, 2.05) is 30.3 Å². The Morgan fingerprint density at radius 1 is 0.964 bits per heavy atom. The van der Waals surface area contributed by atoms with Gasteiger partial charge in [0.2, 0.25) is 10.0 Å². The summed E-state index contributed by atoms with van der Waals surface area (Å²) in [6, 6.07) is 16.1. The minimum atomic E-state index is -3.67. The minimum absolute atomic E-state index is 0.191. The van der Waals surface area contributed by atoms with Gasteiger partial charge in [0.25, 0.3) is 0 Å². The van der Waals surface area contributed by atoms with E-state index >= 15 is 0 Å². The van der Waals surface area contributed by atoms with Crippen LogP contribution < -0.4 is 0 Å². The maximum atomic E-state index is 13.1. The standard InChI is InChI=1S/C21H17Br2NO3S/c22-19-6-4-17(5-7-19)3-1-2-13-24(15-18-12-14-27-16-18)28(25,26)21-10-8-20(23)9-11-21/h2-12,14,16H,13,15H2. The van der Waals surface area contributed by atoms with E-state index in [1.165, 1.54) is 10.6 Å². The lowest BCUT2D eigenvalue weighted by Crippen LogP contribution is -2.30. The largest absolute Gasteiger partial charge is 0.472 e. The molecule has 7 heteroatoms. The summed E-state index contributed by atoms with van der Waals surface area (Å²) in [4.78, 5) is 0.240. The number of furan rings is 1. The number of rotatable bonds is 7. The first-order chi connectivity index (χ1) is 13.4. The van der Waals surface area contributed by atoms with Crippen molar-refractivity contribution >= 4 is 48.0 Å². The highest BCUT2D eigenvalue weighted by Gasteiger charge is 2.24. The van der Waals surface area contributed by atoms with Crippen LogP contribution in [0.15, 0.2) is 97.2 Å². The summed E-state index contributed by atoms with van der Waals surface area (Å²) >= 11 is 6.73. The Hall–Kier alpha value is -1.89. The number of hydrogen-bond donors (Lipinski definition) is 0. The fraction of sp³-hybridized carbons (Fsp3) is 0.0952. The highest BCUT2D eigenvalue weighted by molar-refractivity contribution is 9.10. The number of benzene rings is 2. The highest BCUT2D eigenvalue weighted by atomic mass is 79.9. The van der Waals surface area contributed by atoms with Gasteiger partial charge in [-0.2, -0.15) is 4.31 Å². The van der Waals surface area contributed by atoms with E-state index in [2.05, 4.69) is 37.6 Å². The van der Waals surface area contributed by atoms with Crippen molar-refractivity contribution in [1.82, 2.24) is 4.31 Å². The fourth-order valence-corrected chi connectivity index (χ4v) is 4.35. The summed E-state index contributed by atoms with van der Waals surface area (Å²) in [5, 5.41) is 0. The van der Waals surface area contributed by atoms with Crippen molar-refractivity contribution in [3.05, 3.63) is 99.0 Å². The van der Waals surface area contributed by atoms with Crippen molar-refractivity contribution in [3.63, 3.8) is 0 Å². The molecule has 0 aliphatic carbocycles. The van der Waals surface area contributed by atoms with E-state index < -0.39 is 10.0 Å². The Balaban J connectivity index is 1.83. The monoisotopic (exact) mass is 521 g/mol. The molecule has 2 aromatic carbocycles. The zero-order chi connectivity index (χ0) is 20.0. The maximum absolute atomic E-state index is 13.1. The van der Waals surface area contributed by atoms with Crippen molar-refractivity contribution in [2.45, 2.75) is 11.4 Å². The molecule has 1 heterocycles. The third-order valence-corrected chi connectivity index (χ3v) is 6.81. The lowest BCUT2D eigenvalue weighted by Gasteiger charge is -2.20. The molecule has 3 rings (SSSR count). The van der Waals surface area contributed by atoms with Gasteiger partial charge < -0.3 is 4.42 Å². The summed E-state index contributed by atoms with van der Waals surface area (Å²) < 4.78 is 34.5. The molecule has 0 unspecified atom stereocenters. The molecule has 0 saturated heterocycles. The minimum Gasteiger partial charge on any atom is -0.472 e. The lowest BCUT2D eigenvalue weighted by molar-refractivity contribution is 0.435. The summed E-state index contributed by atoms with van der Waals surface area (Å²) in [5.74, 6) is 0. The molecule has 0 N–H and O–H groups in total. The van der Waals surface area contributed by atoms with Gasteiger partial charge in [-0.15, -0.1) is 5.73 Å². The summed E-state index contributed by atoms with van der Waals surface area (Å²) in [6.45, 7) is 0.405. The van der Waals surface area contributed by atoms with Gasteiger partial charge in [-0.05, 0) is 60.2 Å². The van der Waals surface area contributed by atoms with Crippen molar-refractivity contribution in [1.29, 1.82) is 0 Å². The second kappa shape index (κ2) is 9.54. The predicted molar refractivity (Wildman–Crippen MR) is 117 cm³/mol. The van der Waals surface area contributed by atoms with E-state index in [-0.39, 0.29) is 18.0 Å². The molecular formula is C21H17Br2NO3S. The van der Waals surface area contributed by atoms with E-state index in [1.54, 1.807) is 42.7 Å². The van der Waals surface area contributed by atoms with Gasteiger partial charge in [0.15, 0.2) is 0 Å². The molecule has 0 amide bonds. The Labute approximate surface area is 181 Å². The normalized spacial score (nSPS) is 11.2. The van der Waals surface area contributed by atoms with Gasteiger partial charge in [-0.1, -0.05) is 44.0 Å². The van der Waals surface area contributed by atoms with E-state index in [0.29, 0.717) is 0 Å². The third-order valence-electron chi connectivity index (χ3n) is 3.92. The summed E-state index contributed by atoms with van der Waals surface area (Å²) in [5.41, 5.74) is 4.83. The number of sulfonamides is 1. The molecule has 0 spiro atoms. The molecule has 3 aromatic rings. The van der Waals surface area contributed by atoms with Gasteiger partial charge in [0.05, 0.1) is 17.4 Å². The van der Waals surface area contributed by atoms with Crippen LogP contribution in [0, 0.1) is 0 Å². The molecule has 0 saturated carbocycles. The zero-order valence-corrected chi connectivity index (χ0v) is 18.7. The Morgan fingerprint density at radius 3 is 2.21 bits per heavy atom. The van der Waals surface area contributed by atoms with Gasteiger partial charge in [-0.3, -0.25) is 0 Å². The Bertz CT molecular complexity index is 1070. The average Bonchev–Trinajstić information content (AvgIpc) is 3.19. The van der Waals surface area contributed by atoms with Crippen LogP contribution in [0.4, 0.5) is 0 Å². The molecule has 1 aromatic heterocycles. The predicted octanol–water partition coefficient (Wildman–Crippen LogP) is 5.86. The van der Waals surface area contributed by atoms with Gasteiger partial charge >= 0.3 is 0 Å². The SMILES string of the molecule is O=S(=O)(c1ccc(Br)cc1)N(CC=C=Cc1ccc(Br)cc1)Cc1ccoc1. The topological polar surface area (TPSA) is 50.5 Å². The molecule has 0 aliphatic rings. The van der Waals surface area contributed by atoms with Crippen molar-refractivity contribution in [3.8, 4) is 0 Å². The summed E-state index contributed by atoms with van der Waals surface area (Å²) in [6.07, 6.45) is 6.60. The zero-order valence-electron chi connectivity index (χ0n) is 14.8. The first kappa shape index (κ1) is 20.8. The van der Waals surface area contributed by atoms with Crippen LogP contribution >= 0.6 is 31.9 Å². The van der Waals surface area contributed by atoms with E-state index in [9.17, 15) is 8.42 Å². The van der Waals surface area contributed by atoms with Gasteiger partial charge in [0, 0.05) is 27.6 Å². The van der Waals surface area contributed by atoms with Crippen LogP contribution in [0.1, 0.15) is 11.1 Å². The van der Waals surface area contributed by atoms with Gasteiger partial charge in [0.1, 0.15) is 0 Å². The smallest absolute Gasteiger partial charge is 0.243 e. The second-order valence-corrected chi connectivity index (χ2v) is 9.72. The lowest BCUT2D eigenvalue weighted by atomic mass is 10.2. The molecule has 0 atom stereocenters. The van der Waals surface area contributed by atoms with Crippen molar-refractivity contribution in [2.24, 2.45) is 0 Å². The van der Waals surface area contributed by atoms with Crippen molar-refractivity contribution < 1.29 is 12.8 Å². The summed E-state index contributed by atoms with van der Waals surface area (Å²) in [7, 11) is -3.67. The third kappa shape index (κ3) is 5.56. The molecule has 0 fully saturated rings. The fourth-order valence-electron chi connectivity index (χ4n) is 2.46. The van der Waals surface area contributed by atoms with Crippen LogP contribution in [-0.2, 0) is 16.6 Å². The highest BCUT2D eigenvalue weighted by Crippen LogP contribution is 2.21. The second-order valence-electron chi connectivity index (χ2n) is 5.95. The number of hydrogen-bond acceptors (Lipinski definition) is 3. The van der Waals surface area contributed by atoms with Gasteiger partial charge in [-0.25, -0.2) is 8.42 Å². The molecule has 0 aliphatic heterocycles. The molecule has 144 valence electrons. The van der Waals surface area contributed by atoms with Crippen LogP contribution in [-0.4, -0.2) is 19.3 Å². The van der Waals surface area contributed by atoms with Crippen LogP contribution in [0.3, 0.4) is 0 Å². The van der Waals surface area contributed by atoms with E-state index in [0.717, 1.165) is 20.1 Å². The average molecular weight is 523 g/mol. The number of halogens is 2.